The third kappa shape index (κ3) is 3.07. The van der Waals surface area contributed by atoms with Crippen LogP contribution in [0.15, 0.2) is 30.3 Å². The van der Waals surface area contributed by atoms with E-state index in [1.54, 1.807) is 14.2 Å². The molecule has 6 heteroatoms. The second kappa shape index (κ2) is 7.57. The van der Waals surface area contributed by atoms with Crippen molar-refractivity contribution in [2.75, 3.05) is 14.2 Å². The van der Waals surface area contributed by atoms with Gasteiger partial charge in [-0.1, -0.05) is 19.9 Å². The van der Waals surface area contributed by atoms with Gasteiger partial charge in [0, 0.05) is 17.9 Å². The Morgan fingerprint density at radius 1 is 0.909 bits per heavy atom. The van der Waals surface area contributed by atoms with Crippen molar-refractivity contribution in [3.63, 3.8) is 0 Å². The summed E-state index contributed by atoms with van der Waals surface area (Å²) in [6, 6.07) is 10.4. The van der Waals surface area contributed by atoms with Crippen molar-refractivity contribution >= 4 is 10.8 Å². The molecule has 1 unspecified atom stereocenters. The third-order valence-corrected chi connectivity index (χ3v) is 8.86. The molecule has 0 amide bonds. The zero-order valence-electron chi connectivity index (χ0n) is 20.1. The predicted molar refractivity (Wildman–Crippen MR) is 123 cm³/mol. The molecular formula is C27H34O6. The molecule has 2 aromatic rings. The Labute approximate surface area is 195 Å². The Morgan fingerprint density at radius 2 is 1.76 bits per heavy atom. The highest BCUT2D eigenvalue weighted by Gasteiger charge is 2.69. The first kappa shape index (κ1) is 21.7. The molecule has 0 aromatic heterocycles. The van der Waals surface area contributed by atoms with Gasteiger partial charge in [0.1, 0.15) is 11.5 Å². The highest BCUT2D eigenvalue weighted by molar-refractivity contribution is 5.86. The molecule has 8 atom stereocenters. The van der Waals surface area contributed by atoms with E-state index in [2.05, 4.69) is 32.0 Å². The molecule has 2 bridgehead atoms. The van der Waals surface area contributed by atoms with Gasteiger partial charge in [-0.3, -0.25) is 0 Å². The average Bonchev–Trinajstić information content (AvgIpc) is 3.06. The second-order valence-electron chi connectivity index (χ2n) is 10.6. The minimum atomic E-state index is -0.771. The number of hydrogen-bond acceptors (Lipinski definition) is 6. The van der Waals surface area contributed by atoms with Gasteiger partial charge in [0.2, 0.25) is 5.79 Å². The summed E-state index contributed by atoms with van der Waals surface area (Å²) in [6.45, 7) is 6.60. The van der Waals surface area contributed by atoms with Crippen LogP contribution in [0.5, 0.6) is 11.5 Å². The maximum Gasteiger partial charge on any atom is 0.201 e. The summed E-state index contributed by atoms with van der Waals surface area (Å²) in [5, 5.41) is 2.21. The van der Waals surface area contributed by atoms with Crippen molar-refractivity contribution in [3.8, 4) is 11.5 Å². The van der Waals surface area contributed by atoms with E-state index in [1.165, 1.54) is 6.42 Å². The van der Waals surface area contributed by atoms with Gasteiger partial charge in [-0.15, -0.1) is 0 Å². The van der Waals surface area contributed by atoms with Crippen molar-refractivity contribution in [1.29, 1.82) is 0 Å². The Hall–Kier alpha value is -1.86. The van der Waals surface area contributed by atoms with Crippen LogP contribution in [-0.4, -0.2) is 31.9 Å². The molecule has 1 saturated carbocycles. The zero-order chi connectivity index (χ0) is 23.0. The van der Waals surface area contributed by atoms with E-state index >= 15 is 0 Å². The molecule has 0 radical (unpaired) electrons. The molecular weight excluding hydrogens is 420 g/mol. The molecule has 5 aliphatic rings. The minimum absolute atomic E-state index is 0.160. The molecule has 33 heavy (non-hydrogen) atoms. The lowest BCUT2D eigenvalue weighted by atomic mass is 9.57. The quantitative estimate of drug-likeness (QED) is 0.548. The topological polar surface area (TPSA) is 55.4 Å². The van der Waals surface area contributed by atoms with E-state index in [-0.39, 0.29) is 17.9 Å². The lowest BCUT2D eigenvalue weighted by Gasteiger charge is -2.60. The van der Waals surface area contributed by atoms with Crippen LogP contribution in [0.1, 0.15) is 58.1 Å². The molecule has 5 fully saturated rings. The van der Waals surface area contributed by atoms with Crippen LogP contribution in [0.3, 0.4) is 0 Å². The fraction of sp³-hybridized carbons (Fsp3) is 0.630. The van der Waals surface area contributed by atoms with Gasteiger partial charge in [0.25, 0.3) is 0 Å². The Morgan fingerprint density at radius 3 is 2.55 bits per heavy atom. The number of fused-ring (bicyclic) bond motifs is 3. The van der Waals surface area contributed by atoms with Gasteiger partial charge < -0.3 is 18.9 Å². The molecule has 4 saturated heterocycles. The van der Waals surface area contributed by atoms with Crippen molar-refractivity contribution in [2.45, 2.75) is 70.2 Å². The van der Waals surface area contributed by atoms with Crippen LogP contribution >= 0.6 is 0 Å². The van der Waals surface area contributed by atoms with E-state index in [0.717, 1.165) is 47.1 Å². The fourth-order valence-corrected chi connectivity index (χ4v) is 7.06. The molecule has 1 aliphatic carbocycles. The highest BCUT2D eigenvalue weighted by Crippen LogP contribution is 2.63. The summed E-state index contributed by atoms with van der Waals surface area (Å²) in [6.07, 6.45) is 3.49. The SMILES string of the molecule is COc1ccc2cc([C@@H]3O[C@@H]4OC5(C)CC[C@H]6[C@H](C)CC[C@@H]([C@H]3C)[C@@]46OO5)c(OC)cc2c1. The first-order valence-electron chi connectivity index (χ1n) is 12.2. The number of rotatable bonds is 3. The van der Waals surface area contributed by atoms with Gasteiger partial charge in [-0.2, -0.15) is 0 Å². The van der Waals surface area contributed by atoms with Gasteiger partial charge in [0.05, 0.1) is 20.3 Å². The molecule has 4 aliphatic heterocycles. The summed E-state index contributed by atoms with van der Waals surface area (Å²) >= 11 is 0. The lowest BCUT2D eigenvalue weighted by Crippen LogP contribution is -2.69. The zero-order valence-corrected chi connectivity index (χ0v) is 20.1. The van der Waals surface area contributed by atoms with Gasteiger partial charge in [-0.25, -0.2) is 9.78 Å². The van der Waals surface area contributed by atoms with Crippen molar-refractivity contribution in [1.82, 2.24) is 0 Å². The highest BCUT2D eigenvalue weighted by atomic mass is 17.3. The number of methoxy groups -OCH3 is 2. The molecule has 1 spiro atoms. The van der Waals surface area contributed by atoms with Crippen LogP contribution < -0.4 is 9.47 Å². The van der Waals surface area contributed by atoms with Crippen LogP contribution in [0, 0.1) is 23.7 Å². The van der Waals surface area contributed by atoms with E-state index < -0.39 is 17.7 Å². The molecule has 2 aromatic carbocycles. The fourth-order valence-electron chi connectivity index (χ4n) is 7.06. The van der Waals surface area contributed by atoms with Crippen molar-refractivity contribution < 1.29 is 28.7 Å². The van der Waals surface area contributed by atoms with Crippen LogP contribution in [0.2, 0.25) is 0 Å². The third-order valence-electron chi connectivity index (χ3n) is 8.86. The smallest absolute Gasteiger partial charge is 0.201 e. The monoisotopic (exact) mass is 454 g/mol. The summed E-state index contributed by atoms with van der Waals surface area (Å²) in [5.74, 6) is 2.29. The van der Waals surface area contributed by atoms with E-state index in [4.69, 9.17) is 28.7 Å². The Kier molecular flexibility index (Phi) is 4.97. The Bertz CT molecular complexity index is 1070. The molecule has 0 N–H and O–H groups in total. The molecule has 7 rings (SSSR count). The second-order valence-corrected chi connectivity index (χ2v) is 10.6. The molecule has 178 valence electrons. The Balaban J connectivity index is 1.45. The van der Waals surface area contributed by atoms with Crippen LogP contribution in [0.25, 0.3) is 10.8 Å². The van der Waals surface area contributed by atoms with Crippen LogP contribution in [0.4, 0.5) is 0 Å². The summed E-state index contributed by atoms with van der Waals surface area (Å²) in [5.41, 5.74) is 0.503. The largest absolute Gasteiger partial charge is 0.497 e. The first-order chi connectivity index (χ1) is 15.9. The number of hydrogen-bond donors (Lipinski definition) is 0. The van der Waals surface area contributed by atoms with E-state index in [9.17, 15) is 0 Å². The van der Waals surface area contributed by atoms with E-state index in [0.29, 0.717) is 11.8 Å². The standard InChI is InChI=1S/C27H34O6/c1-15-6-9-22-16(2)24(30-25-27(22)21(15)10-11-26(3,31-25)32-33-27)20-13-17-7-8-19(28-4)12-18(17)14-23(20)29-5/h7-8,12-16,21-22,24-25H,6,9-11H2,1-5H3/t15-,16-,21+,22+,24-,25-,26?,27-/m1/s1. The van der Waals surface area contributed by atoms with Crippen molar-refractivity contribution in [3.05, 3.63) is 35.9 Å². The average molecular weight is 455 g/mol. The van der Waals surface area contributed by atoms with Crippen LogP contribution in [-0.2, 0) is 19.2 Å². The van der Waals surface area contributed by atoms with Crippen molar-refractivity contribution in [2.24, 2.45) is 23.7 Å². The summed E-state index contributed by atoms with van der Waals surface area (Å²) in [4.78, 5) is 12.3. The number of benzene rings is 2. The normalized spacial score (nSPS) is 42.0. The lowest BCUT2D eigenvalue weighted by molar-refractivity contribution is -0.571. The van der Waals surface area contributed by atoms with Gasteiger partial charge in [-0.05, 0) is 79.0 Å². The first-order valence-corrected chi connectivity index (χ1v) is 12.2. The summed E-state index contributed by atoms with van der Waals surface area (Å²) in [7, 11) is 3.41. The van der Waals surface area contributed by atoms with Gasteiger partial charge in [0.15, 0.2) is 11.9 Å². The maximum atomic E-state index is 6.85. The number of ether oxygens (including phenoxy) is 4. The maximum absolute atomic E-state index is 6.85. The molecule has 4 heterocycles. The van der Waals surface area contributed by atoms with E-state index in [1.807, 2.05) is 19.1 Å². The molecule has 6 nitrogen and oxygen atoms in total. The predicted octanol–water partition coefficient (Wildman–Crippen LogP) is 5.78. The summed E-state index contributed by atoms with van der Waals surface area (Å²) < 4.78 is 24.7. The van der Waals surface area contributed by atoms with Gasteiger partial charge >= 0.3 is 0 Å². The minimum Gasteiger partial charge on any atom is -0.497 e.